The molecule has 0 amide bonds. The predicted octanol–water partition coefficient (Wildman–Crippen LogP) is 38.8. The molecule has 16 nitrogen and oxygen atoms in total. The minimum atomic E-state index is -0.692. The van der Waals surface area contributed by atoms with Crippen LogP contribution in [0.2, 0.25) is 0 Å². The van der Waals surface area contributed by atoms with Crippen molar-refractivity contribution in [2.45, 2.75) is 450 Å². The smallest absolute Gasteiger partial charge is 0.508 e. The number of carbonyl (C=O) groups is 4. The van der Waals surface area contributed by atoms with E-state index in [4.69, 9.17) is 47.4 Å². The molecule has 0 radical (unpaired) electrons. The zero-order valence-electron chi connectivity index (χ0n) is 71.8. The van der Waals surface area contributed by atoms with Crippen molar-refractivity contribution in [3.63, 3.8) is 0 Å². The summed E-state index contributed by atoms with van der Waals surface area (Å²) in [6, 6.07) is 55.0. The van der Waals surface area contributed by atoms with Crippen LogP contribution in [0.25, 0.3) is 0 Å². The van der Waals surface area contributed by atoms with Gasteiger partial charge >= 0.3 is 24.6 Å². The van der Waals surface area contributed by atoms with E-state index < -0.39 is 47.0 Å². The average Bonchev–Trinajstić information content (AvgIpc) is 0.872. The van der Waals surface area contributed by atoms with E-state index in [2.05, 4.69) is 90.1 Å². The van der Waals surface area contributed by atoms with Crippen molar-refractivity contribution in [3.05, 3.63) is 209 Å². The zero-order valence-corrected chi connectivity index (χ0v) is 71.8. The highest BCUT2D eigenvalue weighted by Gasteiger charge is 2.25. The van der Waals surface area contributed by atoms with E-state index in [1.165, 1.54) is 38.9 Å². The molecule has 0 heterocycles. The van der Waals surface area contributed by atoms with E-state index in [1.807, 2.05) is 206 Å². The summed E-state index contributed by atoms with van der Waals surface area (Å²) in [6.45, 7) is 39.6. The lowest BCUT2D eigenvalue weighted by Gasteiger charge is -2.22. The van der Waals surface area contributed by atoms with E-state index in [9.17, 15) is 29.4 Å². The second-order valence-corrected chi connectivity index (χ2v) is 33.5. The molecule has 0 bridgehead atoms. The molecule has 0 aromatic heterocycles. The summed E-state index contributed by atoms with van der Waals surface area (Å²) in [7, 11) is 0. The Hall–Kier alpha value is -9.02. The fourth-order valence-corrected chi connectivity index (χ4v) is 14.0. The first-order valence-electron chi connectivity index (χ1n) is 41.5. The number of benzene rings is 7. The highest BCUT2D eigenvalue weighted by molar-refractivity contribution is 5.66. The molecule has 0 saturated carbocycles. The van der Waals surface area contributed by atoms with Crippen molar-refractivity contribution in [3.8, 4) is 40.2 Å². The number of ether oxygens (including phenoxy) is 10. The third-order valence-corrected chi connectivity index (χ3v) is 19.9. The summed E-state index contributed by atoms with van der Waals surface area (Å²) in [5.41, 5.74) is 6.64. The van der Waals surface area contributed by atoms with Gasteiger partial charge in [0.25, 0.3) is 0 Å². The van der Waals surface area contributed by atoms with Crippen molar-refractivity contribution >= 4 is 24.6 Å². The van der Waals surface area contributed by atoms with Gasteiger partial charge in [0.2, 0.25) is 0 Å². The van der Waals surface area contributed by atoms with Crippen molar-refractivity contribution in [2.75, 3.05) is 6.61 Å². The van der Waals surface area contributed by atoms with E-state index >= 15 is 0 Å². The van der Waals surface area contributed by atoms with Gasteiger partial charge in [0, 0.05) is 6.61 Å². The molecule has 0 aliphatic carbocycles. The monoisotopic (exact) mass is 1830 g/mol. The largest absolute Gasteiger partial charge is 0.514 e. The topological polar surface area (TPSA) is 201 Å². The first-order chi connectivity index (χ1) is 53.5. The predicted molar refractivity (Wildman–Crippen MR) is 568 cm³/mol. The van der Waals surface area contributed by atoms with Crippen LogP contribution < -0.4 is 23.7 Å². The van der Waals surface area contributed by atoms with Gasteiger partial charge in [-0.3, -0.25) is 0 Å². The summed E-state index contributed by atoms with van der Waals surface area (Å²) in [4.78, 5) is 47.6. The number of hydrogen-bond acceptors (Lipinski definition) is 16. The van der Waals surface area contributed by atoms with Gasteiger partial charge in [-0.15, -0.1) is 0 Å². The molecule has 0 spiro atoms. The van der Waals surface area contributed by atoms with Crippen LogP contribution in [0.15, 0.2) is 170 Å². The Morgan fingerprint density at radius 3 is 0.562 bits per heavy atom. The van der Waals surface area contributed by atoms with Gasteiger partial charge in [0.1, 0.15) is 62.7 Å². The highest BCUT2D eigenvalue weighted by atomic mass is 16.8. The van der Waals surface area contributed by atoms with Crippen molar-refractivity contribution in [1.82, 2.24) is 0 Å². The van der Waals surface area contributed by atoms with E-state index in [-0.39, 0.29) is 133 Å². The molecule has 0 saturated heterocycles. The quantitative estimate of drug-likeness (QED) is 0.0161. The number of phenols is 2. The average molecular weight is 1830 g/mol. The first-order valence-corrected chi connectivity index (χ1v) is 41.5. The molecular formula is C114H204O16. The second kappa shape index (κ2) is 75.5. The molecule has 7 rings (SSSR count). The zero-order chi connectivity index (χ0) is 83.3. The lowest BCUT2D eigenvalue weighted by atomic mass is 9.83. The number of carbonyl (C=O) groups excluding carboxylic acids is 4. The third-order valence-electron chi connectivity index (χ3n) is 19.9. The molecule has 16 heteroatoms. The van der Waals surface area contributed by atoms with Gasteiger partial charge < -0.3 is 57.6 Å². The molecule has 0 aliphatic rings. The summed E-state index contributed by atoms with van der Waals surface area (Å²) in [5, 5.41) is 19.4. The maximum Gasteiger partial charge on any atom is 0.514 e. The summed E-state index contributed by atoms with van der Waals surface area (Å²) >= 11 is 0. The Morgan fingerprint density at radius 1 is 0.246 bits per heavy atom. The van der Waals surface area contributed by atoms with E-state index in [0.29, 0.717) is 82.5 Å². The lowest BCUT2D eigenvalue weighted by Crippen LogP contribution is -2.26. The molecule has 8 unspecified atom stereocenters. The fraction of sp³-hybridized carbons (Fsp3) is 0.596. The molecule has 130 heavy (non-hydrogen) atoms. The van der Waals surface area contributed by atoms with Gasteiger partial charge in [-0.05, 0) is 352 Å². The van der Waals surface area contributed by atoms with Gasteiger partial charge in [-0.1, -0.05) is 278 Å². The maximum atomic E-state index is 12.0. The molecule has 0 aliphatic heterocycles. The van der Waals surface area contributed by atoms with E-state index in [0.717, 1.165) is 121 Å². The van der Waals surface area contributed by atoms with Crippen LogP contribution >= 0.6 is 0 Å². The van der Waals surface area contributed by atoms with Crippen LogP contribution in [-0.2, 0) is 23.7 Å². The second-order valence-electron chi connectivity index (χ2n) is 33.5. The van der Waals surface area contributed by atoms with Crippen LogP contribution in [0.4, 0.5) is 19.2 Å². The molecule has 2 N–H and O–H groups in total. The normalized spacial score (nSPS) is 12.0. The summed E-state index contributed by atoms with van der Waals surface area (Å²) < 4.78 is 53.5. The minimum Gasteiger partial charge on any atom is -0.508 e. The molecular weight excluding hydrogens is 1630 g/mol. The number of hydrogen-bond donors (Lipinski definition) is 2. The number of aromatic hydroxyl groups is 2. The fourth-order valence-electron chi connectivity index (χ4n) is 14.0. The Labute approximate surface area is 803 Å². The molecule has 0 fully saturated rings. The first kappa shape index (κ1) is 149. The van der Waals surface area contributed by atoms with Crippen molar-refractivity contribution in [2.24, 2.45) is 0 Å². The summed E-state index contributed by atoms with van der Waals surface area (Å²) in [5.74, 6) is 6.69. The molecule has 7 aromatic rings. The van der Waals surface area contributed by atoms with Gasteiger partial charge in [0.05, 0.1) is 0 Å². The van der Waals surface area contributed by atoms with Crippen molar-refractivity contribution < 1.29 is 76.8 Å². The maximum absolute atomic E-state index is 12.0. The van der Waals surface area contributed by atoms with E-state index in [1.54, 1.807) is 12.1 Å². The van der Waals surface area contributed by atoms with Gasteiger partial charge in [0.15, 0.2) is 6.29 Å². The Morgan fingerprint density at radius 2 is 0.400 bits per heavy atom. The highest BCUT2D eigenvalue weighted by Crippen LogP contribution is 2.38. The van der Waals surface area contributed by atoms with Gasteiger partial charge in [-0.2, -0.15) is 0 Å². The third kappa shape index (κ3) is 58.7. The SMILES string of the molecule is C.C.C.C.C.C.C.C.C.C.C.C.C.C.C.C.C.CCC(CCCC(CC)c1ccc(OC(=O)OC(C)(C)C)cc1)c1ccc(O)cc1.CCC(CCCC(CC)c1ccc(OC(=O)OC(C)(C)C)cc1)c1ccc(OC(=O)OC(C)(C)C)cc1.CCOC(C)Oc1ccc(C(CC)CCCC(CCCC(CC)c2ccc(OC(=O)OC(C)(C)C)cc2)c2ccc(O)cc2)cc1. The van der Waals surface area contributed by atoms with Crippen LogP contribution in [0.1, 0.15) is 461 Å². The van der Waals surface area contributed by atoms with Crippen molar-refractivity contribution in [1.29, 1.82) is 0 Å². The van der Waals surface area contributed by atoms with Crippen LogP contribution in [0.5, 0.6) is 40.2 Å². The number of rotatable bonds is 37. The molecule has 756 valence electrons. The number of phenolic OH excluding ortho intramolecular Hbond substituents is 2. The minimum absolute atomic E-state index is 0. The standard InChI is InChI=1S/C40H56O6.C31H44O6.C26H36O4.17CH4/c1-8-30(33-19-25-37(26-20-33)44-29(4)43-10-3)13-11-15-32(35-17-23-36(41)24-18-35)16-12-14-31(9-2)34-21-27-38(28-22-34)45-39(42)46-40(5,6)7;1-9-22(24-14-18-26(19-15-24)34-28(32)36-30(3,4)5)12-11-13-23(10-2)25-16-20-27(21-17-25)35-29(33)37-31(6,7)8;1-6-19(21-11-15-23(27)16-12-21)9-8-10-20(7-2)22-13-17-24(18-14-22)29-25(28)30-26(3,4)5;;;;;;;;;;;;;;;;;/h17-32,41H,8-16H2,1-7H3;14-23H,9-13H2,1-8H3;11-20,27H,6-10H2,1-5H3;17*1H4. The Kier molecular flexibility index (Phi) is 86.8. The van der Waals surface area contributed by atoms with Crippen LogP contribution in [0.3, 0.4) is 0 Å². The Balaban J connectivity index is -0.000000137. The molecule has 7 aromatic carbocycles. The van der Waals surface area contributed by atoms with Crippen LogP contribution in [0, 0.1) is 0 Å². The molecule has 8 atom stereocenters. The Bertz CT molecular complexity index is 3740. The summed E-state index contributed by atoms with van der Waals surface area (Å²) in [6.07, 6.45) is 16.7. The lowest BCUT2D eigenvalue weighted by molar-refractivity contribution is -0.0613. The van der Waals surface area contributed by atoms with Crippen LogP contribution in [-0.4, -0.2) is 70.1 Å². The van der Waals surface area contributed by atoms with Gasteiger partial charge in [-0.25, -0.2) is 19.2 Å².